The average Bonchev–Trinajstić information content (AvgIpc) is 3.07. The largest absolute Gasteiger partial charge is 0.308 e. The van der Waals surface area contributed by atoms with E-state index in [4.69, 9.17) is 4.98 Å². The maximum absolute atomic E-state index is 4.71. The van der Waals surface area contributed by atoms with Crippen LogP contribution in [0.3, 0.4) is 0 Å². The molecule has 0 saturated carbocycles. The Labute approximate surface area is 124 Å². The molecule has 2 atom stereocenters. The van der Waals surface area contributed by atoms with Crippen molar-refractivity contribution in [2.24, 2.45) is 0 Å². The van der Waals surface area contributed by atoms with Crippen molar-refractivity contribution in [1.29, 1.82) is 0 Å². The van der Waals surface area contributed by atoms with Crippen LogP contribution in [0.5, 0.6) is 0 Å². The SMILES string of the molecule is CCCNC(c1csc(C)n1)C1CCc2cccnc21. The molecule has 2 unspecified atom stereocenters. The molecular formula is C16H21N3S. The van der Waals surface area contributed by atoms with Gasteiger partial charge in [0.2, 0.25) is 0 Å². The van der Waals surface area contributed by atoms with E-state index in [1.54, 1.807) is 11.3 Å². The van der Waals surface area contributed by atoms with Gasteiger partial charge in [0.25, 0.3) is 0 Å². The fourth-order valence-electron chi connectivity index (χ4n) is 3.04. The zero-order valence-corrected chi connectivity index (χ0v) is 12.9. The van der Waals surface area contributed by atoms with Crippen molar-refractivity contribution in [3.63, 3.8) is 0 Å². The Balaban J connectivity index is 1.90. The topological polar surface area (TPSA) is 37.8 Å². The van der Waals surface area contributed by atoms with Crippen LogP contribution in [0.4, 0.5) is 0 Å². The molecule has 2 heterocycles. The molecule has 0 saturated heterocycles. The molecule has 0 bridgehead atoms. The van der Waals surface area contributed by atoms with E-state index in [2.05, 4.69) is 35.6 Å². The predicted octanol–water partition coefficient (Wildman–Crippen LogP) is 3.62. The summed E-state index contributed by atoms with van der Waals surface area (Å²) in [5, 5.41) is 7.03. The third-order valence-electron chi connectivity index (χ3n) is 3.97. The summed E-state index contributed by atoms with van der Waals surface area (Å²) in [4.78, 5) is 9.35. The number of aryl methyl sites for hydroxylation is 2. The smallest absolute Gasteiger partial charge is 0.0898 e. The highest BCUT2D eigenvalue weighted by Crippen LogP contribution is 2.40. The first-order chi connectivity index (χ1) is 9.79. The van der Waals surface area contributed by atoms with Crippen LogP contribution in [-0.4, -0.2) is 16.5 Å². The zero-order valence-electron chi connectivity index (χ0n) is 12.1. The highest BCUT2D eigenvalue weighted by molar-refractivity contribution is 7.09. The van der Waals surface area contributed by atoms with Gasteiger partial charge in [-0.1, -0.05) is 13.0 Å². The number of rotatable bonds is 5. The normalized spacial score (nSPS) is 19.0. The molecule has 3 rings (SSSR count). The standard InChI is InChI=1S/C16H21N3S/c1-3-8-17-16(14-10-20-11(2)19-14)13-7-6-12-5-4-9-18-15(12)13/h4-5,9-10,13,16-17H,3,6-8H2,1-2H3. The van der Waals surface area contributed by atoms with Gasteiger partial charge in [-0.25, -0.2) is 4.98 Å². The molecule has 4 heteroatoms. The Bertz CT molecular complexity index is 579. The Morgan fingerprint density at radius 2 is 2.40 bits per heavy atom. The van der Waals surface area contributed by atoms with Gasteiger partial charge in [0.1, 0.15) is 0 Å². The van der Waals surface area contributed by atoms with Gasteiger partial charge in [-0.15, -0.1) is 11.3 Å². The van der Waals surface area contributed by atoms with Crippen molar-refractivity contribution in [2.75, 3.05) is 6.54 Å². The van der Waals surface area contributed by atoms with Crippen LogP contribution in [0.1, 0.15) is 53.7 Å². The summed E-state index contributed by atoms with van der Waals surface area (Å²) in [6.45, 7) is 5.31. The number of hydrogen-bond acceptors (Lipinski definition) is 4. The molecule has 1 aliphatic rings. The number of fused-ring (bicyclic) bond motifs is 1. The molecule has 0 aliphatic heterocycles. The number of nitrogens with zero attached hydrogens (tertiary/aromatic N) is 2. The maximum Gasteiger partial charge on any atom is 0.0898 e. The van der Waals surface area contributed by atoms with Crippen LogP contribution in [0, 0.1) is 6.92 Å². The Morgan fingerprint density at radius 3 is 3.15 bits per heavy atom. The minimum atomic E-state index is 0.302. The number of hydrogen-bond donors (Lipinski definition) is 1. The molecule has 1 N–H and O–H groups in total. The van der Waals surface area contributed by atoms with Gasteiger partial charge in [-0.05, 0) is 44.4 Å². The molecule has 0 radical (unpaired) electrons. The van der Waals surface area contributed by atoms with Crippen LogP contribution in [0.25, 0.3) is 0 Å². The minimum absolute atomic E-state index is 0.302. The van der Waals surface area contributed by atoms with E-state index >= 15 is 0 Å². The van der Waals surface area contributed by atoms with Gasteiger partial charge < -0.3 is 5.32 Å². The lowest BCUT2D eigenvalue weighted by molar-refractivity contribution is 0.430. The van der Waals surface area contributed by atoms with Crippen molar-refractivity contribution in [1.82, 2.24) is 15.3 Å². The second-order valence-electron chi connectivity index (χ2n) is 5.42. The quantitative estimate of drug-likeness (QED) is 0.912. The summed E-state index contributed by atoms with van der Waals surface area (Å²) in [7, 11) is 0. The number of thiazole rings is 1. The lowest BCUT2D eigenvalue weighted by Crippen LogP contribution is -2.27. The summed E-state index contributed by atoms with van der Waals surface area (Å²) < 4.78 is 0. The fourth-order valence-corrected chi connectivity index (χ4v) is 3.69. The molecule has 0 aromatic carbocycles. The molecule has 0 spiro atoms. The van der Waals surface area contributed by atoms with Crippen LogP contribution in [0.15, 0.2) is 23.7 Å². The Morgan fingerprint density at radius 1 is 1.50 bits per heavy atom. The lowest BCUT2D eigenvalue weighted by Gasteiger charge is -2.23. The average molecular weight is 287 g/mol. The van der Waals surface area contributed by atoms with Gasteiger partial charge in [0, 0.05) is 23.2 Å². The number of pyridine rings is 1. The highest BCUT2D eigenvalue weighted by Gasteiger charge is 2.32. The van der Waals surface area contributed by atoms with E-state index in [1.807, 2.05) is 12.3 Å². The van der Waals surface area contributed by atoms with Crippen molar-refractivity contribution in [2.45, 2.75) is 45.1 Å². The first-order valence-electron chi connectivity index (χ1n) is 7.38. The van der Waals surface area contributed by atoms with Crippen molar-refractivity contribution < 1.29 is 0 Å². The molecule has 0 fully saturated rings. The van der Waals surface area contributed by atoms with Crippen molar-refractivity contribution >= 4 is 11.3 Å². The van der Waals surface area contributed by atoms with Gasteiger partial charge in [0.05, 0.1) is 16.7 Å². The molecule has 2 aromatic rings. The molecule has 3 nitrogen and oxygen atoms in total. The van der Waals surface area contributed by atoms with Gasteiger partial charge in [-0.3, -0.25) is 4.98 Å². The second-order valence-corrected chi connectivity index (χ2v) is 6.48. The summed E-state index contributed by atoms with van der Waals surface area (Å²) in [6, 6.07) is 4.56. The summed E-state index contributed by atoms with van der Waals surface area (Å²) in [5.41, 5.74) is 3.86. The van der Waals surface area contributed by atoms with Crippen LogP contribution in [0.2, 0.25) is 0 Å². The fraction of sp³-hybridized carbons (Fsp3) is 0.500. The van der Waals surface area contributed by atoms with Crippen molar-refractivity contribution in [3.05, 3.63) is 45.7 Å². The Kier molecular flexibility index (Phi) is 4.13. The van der Waals surface area contributed by atoms with Gasteiger partial charge in [-0.2, -0.15) is 0 Å². The van der Waals surface area contributed by atoms with Crippen LogP contribution in [-0.2, 0) is 6.42 Å². The molecule has 1 aliphatic carbocycles. The third-order valence-corrected chi connectivity index (χ3v) is 4.77. The predicted molar refractivity (Wildman–Crippen MR) is 83.2 cm³/mol. The molecular weight excluding hydrogens is 266 g/mol. The Hall–Kier alpha value is -1.26. The number of nitrogens with one attached hydrogen (secondary N) is 1. The first kappa shape index (κ1) is 13.7. The van der Waals surface area contributed by atoms with E-state index in [0.717, 1.165) is 24.4 Å². The molecule has 20 heavy (non-hydrogen) atoms. The second kappa shape index (κ2) is 6.02. The van der Waals surface area contributed by atoms with E-state index in [-0.39, 0.29) is 0 Å². The van der Waals surface area contributed by atoms with E-state index < -0.39 is 0 Å². The van der Waals surface area contributed by atoms with E-state index in [0.29, 0.717) is 12.0 Å². The summed E-state index contributed by atoms with van der Waals surface area (Å²) in [5.74, 6) is 0.458. The lowest BCUT2D eigenvalue weighted by atomic mass is 9.94. The minimum Gasteiger partial charge on any atom is -0.308 e. The van der Waals surface area contributed by atoms with E-state index in [9.17, 15) is 0 Å². The zero-order chi connectivity index (χ0) is 13.9. The van der Waals surface area contributed by atoms with Crippen LogP contribution < -0.4 is 5.32 Å². The van der Waals surface area contributed by atoms with Gasteiger partial charge in [0.15, 0.2) is 0 Å². The molecule has 2 aromatic heterocycles. The summed E-state index contributed by atoms with van der Waals surface area (Å²) in [6.07, 6.45) is 5.37. The molecule has 106 valence electrons. The first-order valence-corrected chi connectivity index (χ1v) is 8.26. The third kappa shape index (κ3) is 2.63. The maximum atomic E-state index is 4.71. The van der Waals surface area contributed by atoms with Gasteiger partial charge >= 0.3 is 0 Å². The summed E-state index contributed by atoms with van der Waals surface area (Å²) >= 11 is 1.73. The van der Waals surface area contributed by atoms with E-state index in [1.165, 1.54) is 23.4 Å². The number of aromatic nitrogens is 2. The van der Waals surface area contributed by atoms with Crippen molar-refractivity contribution in [3.8, 4) is 0 Å². The van der Waals surface area contributed by atoms with Crippen LogP contribution >= 0.6 is 11.3 Å². The molecule has 0 amide bonds. The highest BCUT2D eigenvalue weighted by atomic mass is 32.1. The monoisotopic (exact) mass is 287 g/mol.